The Labute approximate surface area is 258 Å². The number of carbonyl (C=O) groups excluding carboxylic acids is 3. The molecule has 234 valence electrons. The fraction of sp³-hybridized carbons (Fsp3) is 0.364. The molecule has 0 radical (unpaired) electrons. The molecule has 10 nitrogen and oxygen atoms in total. The van der Waals surface area contributed by atoms with Crippen LogP contribution in [0.25, 0.3) is 0 Å². The molecule has 0 saturated carbocycles. The maximum Gasteiger partial charge on any atom is 0.415 e. The number of sulfonamides is 1. The van der Waals surface area contributed by atoms with E-state index in [9.17, 15) is 27.9 Å². The van der Waals surface area contributed by atoms with Crippen LogP contribution in [0.1, 0.15) is 42.3 Å². The number of carbonyl (C=O) groups is 3. The van der Waals surface area contributed by atoms with Gasteiger partial charge in [-0.1, -0.05) is 74.0 Å². The van der Waals surface area contributed by atoms with Crippen molar-refractivity contribution < 1.29 is 32.6 Å². The van der Waals surface area contributed by atoms with Crippen LogP contribution in [0.3, 0.4) is 0 Å². The second kappa shape index (κ2) is 14.1. The second-order valence-corrected chi connectivity index (χ2v) is 13.4. The van der Waals surface area contributed by atoms with E-state index in [4.69, 9.17) is 4.74 Å². The number of cyclic esters (lactones) is 1. The highest BCUT2D eigenvalue weighted by Crippen LogP contribution is 2.24. The summed E-state index contributed by atoms with van der Waals surface area (Å²) >= 11 is 0. The largest absolute Gasteiger partial charge is 0.434 e. The number of aliphatic hydroxyl groups excluding tert-OH is 1. The minimum Gasteiger partial charge on any atom is -0.434 e. The van der Waals surface area contributed by atoms with Crippen LogP contribution in [-0.4, -0.2) is 73.5 Å². The van der Waals surface area contributed by atoms with Crippen LogP contribution in [0.5, 0.6) is 0 Å². The summed E-state index contributed by atoms with van der Waals surface area (Å²) < 4.78 is 33.9. The van der Waals surface area contributed by atoms with Gasteiger partial charge < -0.3 is 15.2 Å². The van der Waals surface area contributed by atoms with Crippen molar-refractivity contribution in [2.24, 2.45) is 5.92 Å². The number of amides is 2. The molecular formula is C33H39N3O7S. The Balaban J connectivity index is 1.55. The van der Waals surface area contributed by atoms with E-state index in [1.807, 2.05) is 51.1 Å². The maximum atomic E-state index is 13.6. The van der Waals surface area contributed by atoms with Crippen molar-refractivity contribution in [3.63, 3.8) is 0 Å². The van der Waals surface area contributed by atoms with Gasteiger partial charge in [-0.15, -0.1) is 0 Å². The van der Waals surface area contributed by atoms with Crippen LogP contribution in [0, 0.1) is 12.8 Å². The highest BCUT2D eigenvalue weighted by atomic mass is 32.2. The summed E-state index contributed by atoms with van der Waals surface area (Å²) in [7, 11) is -3.95. The molecule has 2 N–H and O–H groups in total. The van der Waals surface area contributed by atoms with E-state index in [2.05, 4.69) is 5.32 Å². The van der Waals surface area contributed by atoms with E-state index in [-0.39, 0.29) is 42.7 Å². The van der Waals surface area contributed by atoms with Gasteiger partial charge in [0.25, 0.3) is 5.91 Å². The summed E-state index contributed by atoms with van der Waals surface area (Å²) in [6, 6.07) is 21.3. The lowest BCUT2D eigenvalue weighted by Gasteiger charge is -2.31. The number of aryl methyl sites for hydroxylation is 1. The second-order valence-electron chi connectivity index (χ2n) is 11.5. The number of ether oxygens (including phenoxy) is 1. The van der Waals surface area contributed by atoms with Crippen molar-refractivity contribution in [1.82, 2.24) is 9.62 Å². The molecule has 0 aliphatic carbocycles. The SMILES string of the molecule is CC(=O)c1cccc(N2C[C@@H](C(=O)N[C@@H](Cc3ccccc3)[C@H](O)CN(CC(C)C)S(=O)(=O)c3ccc(C)cc3)OC2=O)c1. The van der Waals surface area contributed by atoms with E-state index < -0.39 is 40.3 Å². The number of hydrogen-bond donors (Lipinski definition) is 2. The Bertz CT molecular complexity index is 1580. The van der Waals surface area contributed by atoms with Crippen molar-refractivity contribution in [3.8, 4) is 0 Å². The van der Waals surface area contributed by atoms with Crippen LogP contribution in [0.2, 0.25) is 0 Å². The van der Waals surface area contributed by atoms with E-state index in [0.717, 1.165) is 11.1 Å². The summed E-state index contributed by atoms with van der Waals surface area (Å²) in [5.74, 6) is -0.822. The van der Waals surface area contributed by atoms with Gasteiger partial charge in [-0.25, -0.2) is 13.2 Å². The molecule has 0 aromatic heterocycles. The number of ketones is 1. The zero-order valence-electron chi connectivity index (χ0n) is 25.3. The van der Waals surface area contributed by atoms with Crippen LogP contribution in [-0.2, 0) is 26.0 Å². The molecule has 1 aliphatic heterocycles. The molecule has 11 heteroatoms. The minimum absolute atomic E-state index is 0.0324. The summed E-state index contributed by atoms with van der Waals surface area (Å²) in [6.07, 6.45) is -3.01. The average molecular weight is 622 g/mol. The first-order valence-electron chi connectivity index (χ1n) is 14.5. The molecule has 1 saturated heterocycles. The van der Waals surface area contributed by atoms with Crippen LogP contribution in [0.15, 0.2) is 83.8 Å². The lowest BCUT2D eigenvalue weighted by molar-refractivity contribution is -0.129. The van der Waals surface area contributed by atoms with Gasteiger partial charge in [0.15, 0.2) is 11.9 Å². The Hall–Kier alpha value is -4.06. The average Bonchev–Trinajstić information content (AvgIpc) is 3.38. The zero-order chi connectivity index (χ0) is 32.0. The summed E-state index contributed by atoms with van der Waals surface area (Å²) in [5.41, 5.74) is 2.58. The molecular weight excluding hydrogens is 582 g/mol. The molecule has 2 amide bonds. The monoisotopic (exact) mass is 621 g/mol. The number of Topliss-reactive ketones (excluding diaryl/α,β-unsaturated/α-hetero) is 1. The molecule has 44 heavy (non-hydrogen) atoms. The van der Waals surface area contributed by atoms with Crippen molar-refractivity contribution in [3.05, 3.63) is 95.6 Å². The highest BCUT2D eigenvalue weighted by Gasteiger charge is 2.39. The quantitative estimate of drug-likeness (QED) is 0.276. The van der Waals surface area contributed by atoms with E-state index in [1.54, 1.807) is 48.5 Å². The third-order valence-electron chi connectivity index (χ3n) is 7.38. The van der Waals surface area contributed by atoms with Crippen molar-refractivity contribution in [2.75, 3.05) is 24.5 Å². The number of nitrogens with zero attached hydrogens (tertiary/aromatic N) is 2. The molecule has 3 aromatic carbocycles. The molecule has 1 aliphatic rings. The smallest absolute Gasteiger partial charge is 0.415 e. The van der Waals surface area contributed by atoms with Crippen molar-refractivity contribution in [1.29, 1.82) is 0 Å². The number of benzene rings is 3. The van der Waals surface area contributed by atoms with E-state index in [0.29, 0.717) is 11.3 Å². The summed E-state index contributed by atoms with van der Waals surface area (Å²) in [6.45, 7) is 6.87. The molecule has 4 rings (SSSR count). The van der Waals surface area contributed by atoms with Gasteiger partial charge >= 0.3 is 6.09 Å². The minimum atomic E-state index is -3.95. The van der Waals surface area contributed by atoms with E-state index in [1.165, 1.54) is 16.1 Å². The van der Waals surface area contributed by atoms with Crippen LogP contribution < -0.4 is 10.2 Å². The van der Waals surface area contributed by atoms with Gasteiger partial charge in [0, 0.05) is 24.3 Å². The fourth-order valence-electron chi connectivity index (χ4n) is 5.00. The highest BCUT2D eigenvalue weighted by molar-refractivity contribution is 7.89. The Kier molecular flexibility index (Phi) is 10.6. The maximum absolute atomic E-state index is 13.6. The first kappa shape index (κ1) is 32.8. The molecule has 1 heterocycles. The number of aliphatic hydroxyl groups is 1. The Morgan fingerprint density at radius 1 is 1.02 bits per heavy atom. The van der Waals surface area contributed by atoms with Gasteiger partial charge in [0.2, 0.25) is 10.0 Å². The topological polar surface area (TPSA) is 133 Å². The van der Waals surface area contributed by atoms with Gasteiger partial charge in [-0.2, -0.15) is 4.31 Å². The molecule has 0 spiro atoms. The van der Waals surface area contributed by atoms with Crippen molar-refractivity contribution in [2.45, 2.75) is 57.3 Å². The predicted octanol–water partition coefficient (Wildman–Crippen LogP) is 3.96. The normalized spacial score (nSPS) is 16.6. The number of hydrogen-bond acceptors (Lipinski definition) is 7. The molecule has 0 unspecified atom stereocenters. The van der Waals surface area contributed by atoms with Gasteiger partial charge in [0.05, 0.1) is 23.6 Å². The van der Waals surface area contributed by atoms with Crippen molar-refractivity contribution >= 4 is 33.5 Å². The first-order valence-corrected chi connectivity index (χ1v) is 16.0. The van der Waals surface area contributed by atoms with Gasteiger partial charge in [-0.05, 0) is 56.0 Å². The fourth-order valence-corrected chi connectivity index (χ4v) is 6.62. The Morgan fingerprint density at radius 2 is 1.70 bits per heavy atom. The van der Waals surface area contributed by atoms with Gasteiger partial charge in [0.1, 0.15) is 0 Å². The summed E-state index contributed by atoms with van der Waals surface area (Å²) in [5, 5.41) is 14.3. The van der Waals surface area contributed by atoms with E-state index >= 15 is 0 Å². The molecule has 3 atom stereocenters. The summed E-state index contributed by atoms with van der Waals surface area (Å²) in [4.78, 5) is 39.4. The third-order valence-corrected chi connectivity index (χ3v) is 9.22. The van der Waals surface area contributed by atoms with Crippen LogP contribution in [0.4, 0.5) is 10.5 Å². The van der Waals surface area contributed by atoms with Crippen LogP contribution >= 0.6 is 0 Å². The predicted molar refractivity (Wildman–Crippen MR) is 167 cm³/mol. The number of nitrogens with one attached hydrogen (secondary N) is 1. The molecule has 1 fully saturated rings. The zero-order valence-corrected chi connectivity index (χ0v) is 26.2. The number of anilines is 1. The lowest BCUT2D eigenvalue weighted by Crippen LogP contribution is -2.53. The molecule has 0 bridgehead atoms. The first-order chi connectivity index (χ1) is 20.8. The Morgan fingerprint density at radius 3 is 2.34 bits per heavy atom. The lowest BCUT2D eigenvalue weighted by atomic mass is 10.0. The number of rotatable bonds is 13. The van der Waals surface area contributed by atoms with Gasteiger partial charge in [-0.3, -0.25) is 14.5 Å². The molecule has 3 aromatic rings. The third kappa shape index (κ3) is 8.10. The standard InChI is InChI=1S/C33H39N3O7S/c1-22(2)19-35(44(41,42)28-15-13-23(3)14-16-28)20-30(38)29(17-25-9-6-5-7-10-25)34-32(39)31-21-36(33(40)43-31)27-12-8-11-26(18-27)24(4)37/h5-16,18,22,29-31,38H,17,19-21H2,1-4H3,(H,34,39)/t29-,30+,31-/m0/s1.